The molecular weight excluding hydrogens is 276 g/mol. The van der Waals surface area contributed by atoms with E-state index in [9.17, 15) is 4.79 Å². The van der Waals surface area contributed by atoms with Crippen LogP contribution in [0.15, 0.2) is 18.2 Å². The van der Waals surface area contributed by atoms with E-state index < -0.39 is 0 Å². The lowest BCUT2D eigenvalue weighted by Crippen LogP contribution is -2.35. The number of amides is 1. The fourth-order valence-electron chi connectivity index (χ4n) is 1.88. The van der Waals surface area contributed by atoms with E-state index >= 15 is 0 Å². The molecule has 20 heavy (non-hydrogen) atoms. The second-order valence-corrected chi connectivity index (χ2v) is 5.43. The van der Waals surface area contributed by atoms with Crippen LogP contribution >= 0.6 is 11.6 Å². The lowest BCUT2D eigenvalue weighted by molar-refractivity contribution is -0.123. The van der Waals surface area contributed by atoms with Crippen molar-refractivity contribution >= 4 is 17.5 Å². The Kier molecular flexibility index (Phi) is 6.82. The molecular formula is C15H23ClN2O2. The van der Waals surface area contributed by atoms with Crippen molar-refractivity contribution in [1.29, 1.82) is 0 Å². The van der Waals surface area contributed by atoms with E-state index in [4.69, 9.17) is 22.1 Å². The van der Waals surface area contributed by atoms with E-state index in [-0.39, 0.29) is 24.6 Å². The van der Waals surface area contributed by atoms with Gasteiger partial charge in [0.25, 0.3) is 5.91 Å². The largest absolute Gasteiger partial charge is 0.482 e. The molecule has 0 saturated carbocycles. The lowest BCUT2D eigenvalue weighted by atomic mass is 10.1. The number of nitrogens with one attached hydrogen (secondary N) is 1. The number of hydrogen-bond donors (Lipinski definition) is 2. The molecule has 0 aliphatic rings. The molecule has 0 saturated heterocycles. The minimum absolute atomic E-state index is 0.0364. The van der Waals surface area contributed by atoms with E-state index in [0.29, 0.717) is 10.8 Å². The van der Waals surface area contributed by atoms with Crippen molar-refractivity contribution in [1.82, 2.24) is 5.32 Å². The minimum atomic E-state index is -0.140. The SMILES string of the molecule is CCCC(C)NC(=O)COc1ccc([C@@H](C)N)cc1Cl. The molecule has 1 amide bonds. The first kappa shape index (κ1) is 16.8. The zero-order valence-corrected chi connectivity index (χ0v) is 13.0. The zero-order chi connectivity index (χ0) is 15.1. The van der Waals surface area contributed by atoms with Crippen molar-refractivity contribution in [3.05, 3.63) is 28.8 Å². The number of rotatable bonds is 7. The third-order valence-electron chi connectivity index (χ3n) is 2.97. The van der Waals surface area contributed by atoms with Gasteiger partial charge < -0.3 is 15.8 Å². The fourth-order valence-corrected chi connectivity index (χ4v) is 2.13. The van der Waals surface area contributed by atoms with Crippen molar-refractivity contribution in [2.45, 2.75) is 45.7 Å². The molecule has 1 unspecified atom stereocenters. The molecule has 0 aliphatic heterocycles. The molecule has 1 aromatic rings. The summed E-state index contributed by atoms with van der Waals surface area (Å²) in [4.78, 5) is 11.7. The summed E-state index contributed by atoms with van der Waals surface area (Å²) in [6.45, 7) is 5.91. The number of hydrogen-bond acceptors (Lipinski definition) is 3. The normalized spacial score (nSPS) is 13.7. The van der Waals surface area contributed by atoms with Gasteiger partial charge in [-0.25, -0.2) is 0 Å². The third-order valence-corrected chi connectivity index (χ3v) is 3.26. The summed E-state index contributed by atoms with van der Waals surface area (Å²) < 4.78 is 5.43. The summed E-state index contributed by atoms with van der Waals surface area (Å²) in [7, 11) is 0. The predicted octanol–water partition coefficient (Wildman–Crippen LogP) is 3.04. The Morgan fingerprint density at radius 2 is 2.15 bits per heavy atom. The molecule has 3 N–H and O–H groups in total. The van der Waals surface area contributed by atoms with Crippen molar-refractivity contribution in [2.24, 2.45) is 5.73 Å². The van der Waals surface area contributed by atoms with Crippen LogP contribution in [0.25, 0.3) is 0 Å². The first-order valence-electron chi connectivity index (χ1n) is 6.91. The average Bonchev–Trinajstić information content (AvgIpc) is 2.37. The Labute approximate surface area is 125 Å². The standard InChI is InChI=1S/C15H23ClN2O2/c1-4-5-10(2)18-15(19)9-20-14-7-6-12(11(3)17)8-13(14)16/h6-8,10-11H,4-5,9,17H2,1-3H3,(H,18,19)/t10?,11-/m1/s1. The Bertz CT molecular complexity index is 449. The van der Waals surface area contributed by atoms with Gasteiger partial charge in [-0.2, -0.15) is 0 Å². The summed E-state index contributed by atoms with van der Waals surface area (Å²) in [5, 5.41) is 3.34. The van der Waals surface area contributed by atoms with E-state index in [2.05, 4.69) is 12.2 Å². The van der Waals surface area contributed by atoms with Crippen molar-refractivity contribution < 1.29 is 9.53 Å². The molecule has 1 aromatic carbocycles. The molecule has 0 fully saturated rings. The highest BCUT2D eigenvalue weighted by molar-refractivity contribution is 6.32. The summed E-state index contributed by atoms with van der Waals surface area (Å²) >= 11 is 6.10. The second-order valence-electron chi connectivity index (χ2n) is 5.02. The molecule has 0 aliphatic carbocycles. The Balaban J connectivity index is 2.51. The molecule has 112 valence electrons. The second kappa shape index (κ2) is 8.12. The molecule has 2 atom stereocenters. The highest BCUT2D eigenvalue weighted by Gasteiger charge is 2.10. The highest BCUT2D eigenvalue weighted by Crippen LogP contribution is 2.27. The number of nitrogens with two attached hydrogens (primary N) is 1. The molecule has 1 rings (SSSR count). The van der Waals surface area contributed by atoms with Gasteiger partial charge in [0.1, 0.15) is 5.75 Å². The summed E-state index contributed by atoms with van der Waals surface area (Å²) in [5.74, 6) is 0.354. The first-order chi connectivity index (χ1) is 9.43. The van der Waals surface area contributed by atoms with Gasteiger partial charge in [0.2, 0.25) is 0 Å². The number of halogens is 1. The molecule has 0 radical (unpaired) electrons. The van der Waals surface area contributed by atoms with E-state index in [1.54, 1.807) is 12.1 Å². The van der Waals surface area contributed by atoms with Crippen LogP contribution in [0.3, 0.4) is 0 Å². The molecule has 0 spiro atoms. The van der Waals surface area contributed by atoms with Gasteiger partial charge in [-0.1, -0.05) is 31.0 Å². The minimum Gasteiger partial charge on any atom is -0.482 e. The van der Waals surface area contributed by atoms with Crippen molar-refractivity contribution in [3.63, 3.8) is 0 Å². The van der Waals surface area contributed by atoms with Crippen LogP contribution in [0.5, 0.6) is 5.75 Å². The number of benzene rings is 1. The van der Waals surface area contributed by atoms with Gasteiger partial charge in [0.15, 0.2) is 6.61 Å². The molecule has 0 bridgehead atoms. The van der Waals surface area contributed by atoms with Crippen molar-refractivity contribution in [2.75, 3.05) is 6.61 Å². The molecule has 5 heteroatoms. The van der Waals surface area contributed by atoms with Gasteiger partial charge >= 0.3 is 0 Å². The number of carbonyl (C=O) groups is 1. The van der Waals surface area contributed by atoms with Gasteiger partial charge in [-0.05, 0) is 38.0 Å². The van der Waals surface area contributed by atoms with Crippen LogP contribution in [-0.4, -0.2) is 18.6 Å². The van der Waals surface area contributed by atoms with Gasteiger partial charge in [0.05, 0.1) is 5.02 Å². The van der Waals surface area contributed by atoms with Crippen molar-refractivity contribution in [3.8, 4) is 5.75 Å². The van der Waals surface area contributed by atoms with Gasteiger partial charge in [-0.3, -0.25) is 4.79 Å². The zero-order valence-electron chi connectivity index (χ0n) is 12.3. The third kappa shape index (κ3) is 5.39. The van der Waals surface area contributed by atoms with Crippen LogP contribution in [-0.2, 0) is 4.79 Å². The average molecular weight is 299 g/mol. The first-order valence-corrected chi connectivity index (χ1v) is 7.29. The maximum atomic E-state index is 11.7. The smallest absolute Gasteiger partial charge is 0.258 e. The molecule has 0 heterocycles. The summed E-state index contributed by atoms with van der Waals surface area (Å²) in [5.41, 5.74) is 6.71. The fraction of sp³-hybridized carbons (Fsp3) is 0.533. The van der Waals surface area contributed by atoms with Gasteiger partial charge in [-0.15, -0.1) is 0 Å². The van der Waals surface area contributed by atoms with E-state index in [0.717, 1.165) is 18.4 Å². The Hall–Kier alpha value is -1.26. The van der Waals surface area contributed by atoms with Crippen LogP contribution in [0.2, 0.25) is 5.02 Å². The van der Waals surface area contributed by atoms with Crippen LogP contribution in [0, 0.1) is 0 Å². The highest BCUT2D eigenvalue weighted by atomic mass is 35.5. The topological polar surface area (TPSA) is 64.3 Å². The monoisotopic (exact) mass is 298 g/mol. The van der Waals surface area contributed by atoms with Crippen LogP contribution < -0.4 is 15.8 Å². The Morgan fingerprint density at radius 3 is 2.70 bits per heavy atom. The number of carbonyl (C=O) groups excluding carboxylic acids is 1. The molecule has 4 nitrogen and oxygen atoms in total. The summed E-state index contributed by atoms with van der Waals surface area (Å²) in [6, 6.07) is 5.43. The van der Waals surface area contributed by atoms with E-state index in [1.165, 1.54) is 0 Å². The maximum absolute atomic E-state index is 11.7. The molecule has 0 aromatic heterocycles. The van der Waals surface area contributed by atoms with Crippen LogP contribution in [0.4, 0.5) is 0 Å². The number of ether oxygens (including phenoxy) is 1. The van der Waals surface area contributed by atoms with Crippen LogP contribution in [0.1, 0.15) is 45.2 Å². The van der Waals surface area contributed by atoms with E-state index in [1.807, 2.05) is 19.9 Å². The quantitative estimate of drug-likeness (QED) is 0.813. The summed E-state index contributed by atoms with van der Waals surface area (Å²) in [6.07, 6.45) is 1.99. The lowest BCUT2D eigenvalue weighted by Gasteiger charge is -2.14. The van der Waals surface area contributed by atoms with Gasteiger partial charge in [0, 0.05) is 12.1 Å². The maximum Gasteiger partial charge on any atom is 0.258 e. The predicted molar refractivity (Wildman–Crippen MR) is 82.1 cm³/mol. The Morgan fingerprint density at radius 1 is 1.45 bits per heavy atom.